The lowest BCUT2D eigenvalue weighted by atomic mass is 10.0. The van der Waals surface area contributed by atoms with Crippen molar-refractivity contribution < 1.29 is 23.8 Å². The first kappa shape index (κ1) is 15.0. The number of carbonyl (C=O) groups is 2. The molecule has 1 N–H and O–H groups in total. The number of halogens is 1. The van der Waals surface area contributed by atoms with E-state index in [1.165, 1.54) is 24.1 Å². The van der Waals surface area contributed by atoms with Crippen molar-refractivity contribution in [1.82, 2.24) is 0 Å². The minimum Gasteiger partial charge on any atom is -0.494 e. The van der Waals surface area contributed by atoms with Gasteiger partial charge in [-0.1, -0.05) is 18.2 Å². The van der Waals surface area contributed by atoms with E-state index in [0.717, 1.165) is 6.07 Å². The average molecular weight is 315 g/mol. The van der Waals surface area contributed by atoms with Crippen molar-refractivity contribution in [3.8, 4) is 5.75 Å². The summed E-state index contributed by atoms with van der Waals surface area (Å²) < 4.78 is 18.4. The molecule has 0 fully saturated rings. The van der Waals surface area contributed by atoms with Crippen LogP contribution in [0.4, 0.5) is 10.1 Å². The maximum absolute atomic E-state index is 13.5. The van der Waals surface area contributed by atoms with Crippen molar-refractivity contribution in [2.75, 3.05) is 18.6 Å². The van der Waals surface area contributed by atoms with E-state index < -0.39 is 17.7 Å². The Morgan fingerprint density at radius 3 is 2.70 bits per heavy atom. The maximum atomic E-state index is 13.5. The molecule has 0 bridgehead atoms. The Morgan fingerprint density at radius 1 is 1.26 bits per heavy atom. The van der Waals surface area contributed by atoms with Crippen molar-refractivity contribution in [3.05, 3.63) is 59.4 Å². The first-order valence-electron chi connectivity index (χ1n) is 7.00. The molecule has 0 unspecified atom stereocenters. The van der Waals surface area contributed by atoms with Crippen LogP contribution in [0.5, 0.6) is 5.75 Å². The van der Waals surface area contributed by atoms with E-state index in [1.54, 1.807) is 24.3 Å². The van der Waals surface area contributed by atoms with E-state index in [-0.39, 0.29) is 23.8 Å². The van der Waals surface area contributed by atoms with Gasteiger partial charge in [-0.15, -0.1) is 0 Å². The number of anilines is 1. The number of ether oxygens (including phenoxy) is 1. The number of rotatable bonds is 3. The first-order chi connectivity index (χ1) is 11.0. The topological polar surface area (TPSA) is 66.8 Å². The standard InChI is InChI=1S/C17H14FNO4/c1-23-15-8-10(6-7-13(15)18)16(20)19-9-12(17(21)22)11-4-2-3-5-14(11)19/h2-8,12H,9H2,1H3,(H,21,22)/t12-/m1/s1. The van der Waals surface area contributed by atoms with E-state index in [9.17, 15) is 19.1 Å². The van der Waals surface area contributed by atoms with Gasteiger partial charge in [0.05, 0.1) is 7.11 Å². The zero-order valence-electron chi connectivity index (χ0n) is 12.3. The fourth-order valence-corrected chi connectivity index (χ4v) is 2.76. The summed E-state index contributed by atoms with van der Waals surface area (Å²) in [6, 6.07) is 10.7. The lowest BCUT2D eigenvalue weighted by molar-refractivity contribution is -0.138. The van der Waals surface area contributed by atoms with Crippen LogP contribution in [-0.2, 0) is 4.79 Å². The molecule has 1 amide bonds. The highest BCUT2D eigenvalue weighted by molar-refractivity contribution is 6.09. The normalized spacial score (nSPS) is 16.1. The molecule has 5 nitrogen and oxygen atoms in total. The van der Waals surface area contributed by atoms with Gasteiger partial charge in [-0.2, -0.15) is 0 Å². The molecule has 1 atom stereocenters. The number of amides is 1. The molecule has 0 saturated carbocycles. The first-order valence-corrected chi connectivity index (χ1v) is 7.00. The molecule has 3 rings (SSSR count). The summed E-state index contributed by atoms with van der Waals surface area (Å²) in [6.45, 7) is 0.0488. The number of aliphatic carboxylic acids is 1. The number of nitrogens with zero attached hydrogens (tertiary/aromatic N) is 1. The second-order valence-corrected chi connectivity index (χ2v) is 5.21. The molecular formula is C17H14FNO4. The molecule has 0 spiro atoms. The van der Waals surface area contributed by atoms with Crippen molar-refractivity contribution >= 4 is 17.6 Å². The smallest absolute Gasteiger partial charge is 0.312 e. The number of carbonyl (C=O) groups excluding carboxylic acids is 1. The largest absolute Gasteiger partial charge is 0.494 e. The minimum atomic E-state index is -0.982. The second kappa shape index (κ2) is 5.72. The van der Waals surface area contributed by atoms with Gasteiger partial charge in [0.2, 0.25) is 0 Å². The molecule has 0 aromatic heterocycles. The quantitative estimate of drug-likeness (QED) is 0.945. The molecule has 1 aliphatic rings. The summed E-state index contributed by atoms with van der Waals surface area (Å²) >= 11 is 0. The lowest BCUT2D eigenvalue weighted by Gasteiger charge is -2.18. The number of hydrogen-bond donors (Lipinski definition) is 1. The molecule has 2 aromatic carbocycles. The Bertz CT molecular complexity index is 790. The highest BCUT2D eigenvalue weighted by Gasteiger charge is 2.36. The van der Waals surface area contributed by atoms with E-state index in [1.807, 2.05) is 0 Å². The molecule has 118 valence electrons. The van der Waals surface area contributed by atoms with Gasteiger partial charge in [-0.05, 0) is 29.8 Å². The molecular weight excluding hydrogens is 301 g/mol. The summed E-state index contributed by atoms with van der Waals surface area (Å²) in [5.74, 6) is -2.73. The predicted molar refractivity (Wildman–Crippen MR) is 81.4 cm³/mol. The van der Waals surface area contributed by atoms with Gasteiger partial charge in [0.25, 0.3) is 5.91 Å². The molecule has 1 aliphatic heterocycles. The lowest BCUT2D eigenvalue weighted by Crippen LogP contribution is -2.31. The summed E-state index contributed by atoms with van der Waals surface area (Å²) in [7, 11) is 1.32. The number of methoxy groups -OCH3 is 1. The Hall–Kier alpha value is -2.89. The SMILES string of the molecule is COc1cc(C(=O)N2C[C@@H](C(=O)O)c3ccccc32)ccc1F. The highest BCUT2D eigenvalue weighted by Crippen LogP contribution is 2.37. The van der Waals surface area contributed by atoms with Crippen LogP contribution >= 0.6 is 0 Å². The van der Waals surface area contributed by atoms with Crippen molar-refractivity contribution in [2.45, 2.75) is 5.92 Å². The fourth-order valence-electron chi connectivity index (χ4n) is 2.76. The van der Waals surface area contributed by atoms with Gasteiger partial charge in [-0.3, -0.25) is 9.59 Å². The highest BCUT2D eigenvalue weighted by atomic mass is 19.1. The van der Waals surface area contributed by atoms with Crippen LogP contribution in [-0.4, -0.2) is 30.6 Å². The maximum Gasteiger partial charge on any atom is 0.312 e. The van der Waals surface area contributed by atoms with Crippen LogP contribution in [0.3, 0.4) is 0 Å². The van der Waals surface area contributed by atoms with E-state index in [2.05, 4.69) is 0 Å². The second-order valence-electron chi connectivity index (χ2n) is 5.21. The van der Waals surface area contributed by atoms with Crippen LogP contribution < -0.4 is 9.64 Å². The van der Waals surface area contributed by atoms with Gasteiger partial charge in [-0.25, -0.2) is 4.39 Å². The molecule has 23 heavy (non-hydrogen) atoms. The number of hydrogen-bond acceptors (Lipinski definition) is 3. The molecule has 0 saturated heterocycles. The van der Waals surface area contributed by atoms with E-state index in [4.69, 9.17) is 4.74 Å². The number of carboxylic acids is 1. The zero-order chi connectivity index (χ0) is 16.6. The van der Waals surface area contributed by atoms with Gasteiger partial charge in [0.15, 0.2) is 11.6 Å². The van der Waals surface area contributed by atoms with Crippen molar-refractivity contribution in [2.24, 2.45) is 0 Å². The van der Waals surface area contributed by atoms with Gasteiger partial charge < -0.3 is 14.7 Å². The minimum absolute atomic E-state index is 0.0295. The molecule has 1 heterocycles. The van der Waals surface area contributed by atoms with Crippen LogP contribution in [0.1, 0.15) is 21.8 Å². The summed E-state index contributed by atoms with van der Waals surface area (Å²) in [6.07, 6.45) is 0. The predicted octanol–water partition coefficient (Wildman–Crippen LogP) is 2.66. The van der Waals surface area contributed by atoms with Gasteiger partial charge in [0.1, 0.15) is 5.92 Å². The number of carboxylic acid groups (broad SMARTS) is 1. The Morgan fingerprint density at radius 2 is 2.00 bits per heavy atom. The summed E-state index contributed by atoms with van der Waals surface area (Å²) in [5, 5.41) is 9.34. The average Bonchev–Trinajstić information content (AvgIpc) is 2.94. The van der Waals surface area contributed by atoms with Crippen LogP contribution in [0.15, 0.2) is 42.5 Å². The monoisotopic (exact) mass is 315 g/mol. The molecule has 6 heteroatoms. The van der Waals surface area contributed by atoms with Crippen LogP contribution in [0, 0.1) is 5.82 Å². The third-order valence-electron chi connectivity index (χ3n) is 3.91. The molecule has 0 aliphatic carbocycles. The van der Waals surface area contributed by atoms with E-state index in [0.29, 0.717) is 11.3 Å². The number of para-hydroxylation sites is 1. The third-order valence-corrected chi connectivity index (χ3v) is 3.91. The van der Waals surface area contributed by atoms with Crippen molar-refractivity contribution in [1.29, 1.82) is 0 Å². The van der Waals surface area contributed by atoms with Crippen LogP contribution in [0.25, 0.3) is 0 Å². The zero-order valence-corrected chi connectivity index (χ0v) is 12.3. The van der Waals surface area contributed by atoms with Gasteiger partial charge >= 0.3 is 5.97 Å². The summed E-state index contributed by atoms with van der Waals surface area (Å²) in [4.78, 5) is 25.5. The van der Waals surface area contributed by atoms with Crippen molar-refractivity contribution in [3.63, 3.8) is 0 Å². The summed E-state index contributed by atoms with van der Waals surface area (Å²) in [5.41, 5.74) is 1.40. The Kier molecular flexibility index (Phi) is 3.73. The van der Waals surface area contributed by atoms with Gasteiger partial charge in [0, 0.05) is 17.8 Å². The molecule has 2 aromatic rings. The Balaban J connectivity index is 1.99. The van der Waals surface area contributed by atoms with Crippen LogP contribution in [0.2, 0.25) is 0 Å². The fraction of sp³-hybridized carbons (Fsp3) is 0.176. The molecule has 0 radical (unpaired) electrons. The third kappa shape index (κ3) is 2.52. The number of benzene rings is 2. The Labute approximate surface area is 131 Å². The van der Waals surface area contributed by atoms with E-state index >= 15 is 0 Å². The number of fused-ring (bicyclic) bond motifs is 1.